The van der Waals surface area contributed by atoms with Crippen LogP contribution in [0.5, 0.6) is 0 Å². The van der Waals surface area contributed by atoms with Crippen LogP contribution in [0, 0.1) is 0 Å². The SMILES string of the molecule is C=C(C)c1cccc(C(C)(C)NC(=O)OC(CCC)(OC(=O)NC(C)(C)c2cccc(C(=C)C)c2)OC(=O)NC(C)(C)c2cccc(C(=C)C)c2)c1. The van der Waals surface area contributed by atoms with Gasteiger partial charge in [0.15, 0.2) is 0 Å². The molecule has 0 aromatic heterocycles. The summed E-state index contributed by atoms with van der Waals surface area (Å²) in [7, 11) is 0. The number of benzene rings is 3. The van der Waals surface area contributed by atoms with Crippen molar-refractivity contribution in [3.63, 3.8) is 0 Å². The molecule has 0 saturated carbocycles. The van der Waals surface area contributed by atoms with Crippen molar-refractivity contribution in [3.05, 3.63) is 126 Å². The van der Waals surface area contributed by atoms with Crippen molar-refractivity contribution in [2.24, 2.45) is 0 Å². The summed E-state index contributed by atoms with van der Waals surface area (Å²) >= 11 is 0. The van der Waals surface area contributed by atoms with Gasteiger partial charge >= 0.3 is 24.3 Å². The largest absolute Gasteiger partial charge is 0.427 e. The van der Waals surface area contributed by atoms with Gasteiger partial charge in [-0.05, 0) is 120 Å². The zero-order valence-corrected chi connectivity index (χ0v) is 32.4. The summed E-state index contributed by atoms with van der Waals surface area (Å²) in [5.41, 5.74) is 4.82. The first-order valence-corrected chi connectivity index (χ1v) is 17.4. The van der Waals surface area contributed by atoms with Crippen LogP contribution in [-0.4, -0.2) is 24.3 Å². The van der Waals surface area contributed by atoms with Crippen molar-refractivity contribution in [1.82, 2.24) is 16.0 Å². The molecule has 0 fully saturated rings. The minimum atomic E-state index is -2.45. The van der Waals surface area contributed by atoms with Gasteiger partial charge in [0.2, 0.25) is 0 Å². The fourth-order valence-corrected chi connectivity index (χ4v) is 5.52. The van der Waals surface area contributed by atoms with E-state index in [9.17, 15) is 14.4 Å². The summed E-state index contributed by atoms with van der Waals surface area (Å²) in [6, 6.07) is 22.8. The summed E-state index contributed by atoms with van der Waals surface area (Å²) in [5.74, 6) is -2.45. The molecule has 3 aromatic rings. The van der Waals surface area contributed by atoms with Crippen LogP contribution >= 0.6 is 0 Å². The first-order chi connectivity index (χ1) is 24.1. The van der Waals surface area contributed by atoms with Crippen LogP contribution in [0.15, 0.2) is 92.5 Å². The fraction of sp³-hybridized carbons (Fsp3) is 0.372. The molecule has 0 saturated heterocycles. The average Bonchev–Trinajstić information content (AvgIpc) is 3.04. The van der Waals surface area contributed by atoms with E-state index in [1.54, 1.807) is 48.5 Å². The molecule has 0 radical (unpaired) electrons. The van der Waals surface area contributed by atoms with E-state index in [1.807, 2.05) is 93.6 Å². The zero-order chi connectivity index (χ0) is 39.1. The topological polar surface area (TPSA) is 115 Å². The van der Waals surface area contributed by atoms with E-state index in [2.05, 4.69) is 35.7 Å². The van der Waals surface area contributed by atoms with E-state index in [0.717, 1.165) is 50.1 Å². The number of carbonyl (C=O) groups excluding carboxylic acids is 3. The molecular weight excluding hydrogens is 654 g/mol. The van der Waals surface area contributed by atoms with Crippen molar-refractivity contribution >= 4 is 35.0 Å². The summed E-state index contributed by atoms with van der Waals surface area (Å²) in [6.45, 7) is 30.3. The number of hydrogen-bond donors (Lipinski definition) is 3. The quantitative estimate of drug-likeness (QED) is 0.144. The molecule has 0 spiro atoms. The van der Waals surface area contributed by atoms with Gasteiger partial charge in [-0.15, -0.1) is 0 Å². The monoisotopic (exact) mass is 709 g/mol. The third-order valence-electron chi connectivity index (χ3n) is 8.78. The van der Waals surface area contributed by atoms with Gasteiger partial charge in [0.05, 0.1) is 23.0 Å². The predicted octanol–water partition coefficient (Wildman–Crippen LogP) is 10.5. The molecule has 9 nitrogen and oxygen atoms in total. The highest BCUT2D eigenvalue weighted by atomic mass is 16.9. The first-order valence-electron chi connectivity index (χ1n) is 17.4. The highest BCUT2D eigenvalue weighted by molar-refractivity contribution is 5.74. The van der Waals surface area contributed by atoms with Crippen molar-refractivity contribution in [2.75, 3.05) is 0 Å². The van der Waals surface area contributed by atoms with Crippen LogP contribution in [0.1, 0.15) is 115 Å². The molecule has 0 unspecified atom stereocenters. The number of nitrogens with one attached hydrogen (secondary N) is 3. The Kier molecular flexibility index (Phi) is 12.9. The fourth-order valence-electron chi connectivity index (χ4n) is 5.52. The van der Waals surface area contributed by atoms with E-state index in [0.29, 0.717) is 6.42 Å². The zero-order valence-electron chi connectivity index (χ0n) is 32.4. The molecule has 3 amide bonds. The Labute approximate surface area is 309 Å². The third kappa shape index (κ3) is 10.8. The lowest BCUT2D eigenvalue weighted by molar-refractivity contribution is -0.303. The van der Waals surface area contributed by atoms with Gasteiger partial charge in [0.1, 0.15) is 0 Å². The van der Waals surface area contributed by atoms with Crippen LogP contribution in [0.3, 0.4) is 0 Å². The van der Waals surface area contributed by atoms with Crippen molar-refractivity contribution in [3.8, 4) is 0 Å². The van der Waals surface area contributed by atoms with E-state index < -0.39 is 40.9 Å². The number of hydrogen-bond acceptors (Lipinski definition) is 6. The van der Waals surface area contributed by atoms with Gasteiger partial charge in [-0.2, -0.15) is 0 Å². The number of carbonyl (C=O) groups is 3. The Morgan fingerprint density at radius 2 is 0.808 bits per heavy atom. The van der Waals surface area contributed by atoms with Gasteiger partial charge in [-0.1, -0.05) is 98.0 Å². The molecule has 52 heavy (non-hydrogen) atoms. The maximum absolute atomic E-state index is 13.7. The molecule has 0 aliphatic carbocycles. The van der Waals surface area contributed by atoms with Crippen LogP contribution in [-0.2, 0) is 30.8 Å². The molecule has 9 heteroatoms. The Morgan fingerprint density at radius 1 is 0.538 bits per heavy atom. The summed E-state index contributed by atoms with van der Waals surface area (Å²) in [5, 5.41) is 8.55. The summed E-state index contributed by atoms with van der Waals surface area (Å²) in [4.78, 5) is 41.2. The summed E-state index contributed by atoms with van der Waals surface area (Å²) in [6.07, 6.45) is -2.76. The van der Waals surface area contributed by atoms with Crippen LogP contribution in [0.25, 0.3) is 16.7 Å². The van der Waals surface area contributed by atoms with E-state index in [4.69, 9.17) is 14.2 Å². The minimum absolute atomic E-state index is 0.163. The van der Waals surface area contributed by atoms with E-state index in [1.165, 1.54) is 0 Å². The number of allylic oxidation sites excluding steroid dienone is 3. The van der Waals surface area contributed by atoms with Crippen molar-refractivity contribution in [1.29, 1.82) is 0 Å². The third-order valence-corrected chi connectivity index (χ3v) is 8.78. The molecule has 0 atom stereocenters. The maximum atomic E-state index is 13.7. The smallest absolute Gasteiger partial charge is 0.371 e. The second-order valence-corrected chi connectivity index (χ2v) is 14.9. The molecule has 0 aliphatic rings. The highest BCUT2D eigenvalue weighted by Crippen LogP contribution is 2.30. The van der Waals surface area contributed by atoms with Gasteiger partial charge in [-0.3, -0.25) is 0 Å². The number of alkyl carbamates (subject to hydrolysis) is 3. The summed E-state index contributed by atoms with van der Waals surface area (Å²) < 4.78 is 17.5. The molecule has 3 aromatic carbocycles. The predicted molar refractivity (Wildman–Crippen MR) is 209 cm³/mol. The molecule has 0 heterocycles. The van der Waals surface area contributed by atoms with Gasteiger partial charge in [0, 0.05) is 0 Å². The molecule has 3 N–H and O–H groups in total. The van der Waals surface area contributed by atoms with E-state index in [-0.39, 0.29) is 6.42 Å². The Hall–Kier alpha value is -5.31. The standard InChI is InChI=1S/C43H55N3O6/c1-14-24-43(50-37(47)44-40(8,9)34-21-15-18-31(25-34)28(2)3,51-38(48)45-41(10,11)35-22-16-19-32(26-35)29(4)5)52-39(49)46-42(12,13)36-23-17-20-33(27-36)30(6)7/h15-23,25-27H,2,4,6,14,24H2,1,3,5,7-13H3,(H,44,47)(H,45,48)(H,46,49). The average molecular weight is 710 g/mol. The highest BCUT2D eigenvalue weighted by Gasteiger charge is 2.46. The first kappa shape index (κ1) is 41.1. The van der Waals surface area contributed by atoms with Crippen LogP contribution < -0.4 is 16.0 Å². The van der Waals surface area contributed by atoms with Gasteiger partial charge in [-0.25, -0.2) is 14.4 Å². The number of amides is 3. The number of ether oxygens (including phenoxy) is 3. The van der Waals surface area contributed by atoms with Gasteiger partial charge in [0.25, 0.3) is 0 Å². The molecular formula is C43H55N3O6. The second-order valence-electron chi connectivity index (χ2n) is 14.9. The lowest BCUT2D eigenvalue weighted by Crippen LogP contribution is -2.54. The van der Waals surface area contributed by atoms with E-state index >= 15 is 0 Å². The van der Waals surface area contributed by atoms with Crippen LogP contribution in [0.4, 0.5) is 14.4 Å². The number of rotatable bonds is 14. The Morgan fingerprint density at radius 3 is 1.04 bits per heavy atom. The van der Waals surface area contributed by atoms with Crippen molar-refractivity contribution in [2.45, 2.75) is 105 Å². The molecule has 278 valence electrons. The molecule has 0 bridgehead atoms. The minimum Gasteiger partial charge on any atom is -0.371 e. The second kappa shape index (κ2) is 16.4. The van der Waals surface area contributed by atoms with Crippen LogP contribution in [0.2, 0.25) is 0 Å². The lowest BCUT2D eigenvalue weighted by Gasteiger charge is -2.36. The maximum Gasteiger partial charge on any atom is 0.427 e. The lowest BCUT2D eigenvalue weighted by atomic mass is 9.92. The van der Waals surface area contributed by atoms with Crippen molar-refractivity contribution < 1.29 is 28.6 Å². The molecule has 0 aliphatic heterocycles. The Bertz CT molecular complexity index is 1630. The van der Waals surface area contributed by atoms with Gasteiger partial charge < -0.3 is 30.2 Å². The normalized spacial score (nSPS) is 11.9. The molecule has 3 rings (SSSR count). The Balaban J connectivity index is 1.97.